The van der Waals surface area contributed by atoms with Gasteiger partial charge in [-0.1, -0.05) is 6.07 Å². The van der Waals surface area contributed by atoms with E-state index in [1.807, 2.05) is 29.1 Å². The van der Waals surface area contributed by atoms with Crippen LogP contribution in [0.4, 0.5) is 0 Å². The molecule has 2 aliphatic rings. The minimum absolute atomic E-state index is 0.336. The van der Waals surface area contributed by atoms with Gasteiger partial charge in [-0.2, -0.15) is 5.10 Å². The Balaban J connectivity index is 1.31. The van der Waals surface area contributed by atoms with Crippen molar-refractivity contribution in [1.82, 2.24) is 20.1 Å². The Morgan fingerprint density at radius 2 is 2.21 bits per heavy atom. The Morgan fingerprint density at radius 1 is 1.24 bits per heavy atom. The van der Waals surface area contributed by atoms with Crippen molar-refractivity contribution in [3.05, 3.63) is 58.9 Å². The molecule has 0 amide bonds. The molecule has 1 N–H and O–H groups in total. The number of pyridine rings is 1. The van der Waals surface area contributed by atoms with Crippen molar-refractivity contribution in [2.45, 2.75) is 58.2 Å². The molecule has 3 aromatic rings. The second kappa shape index (κ2) is 8.13. The van der Waals surface area contributed by atoms with Gasteiger partial charge in [0.2, 0.25) is 0 Å². The summed E-state index contributed by atoms with van der Waals surface area (Å²) in [6, 6.07) is 5.99. The number of aromatic nitrogens is 3. The molecule has 5 rings (SSSR count). The van der Waals surface area contributed by atoms with Gasteiger partial charge in [0.1, 0.15) is 11.5 Å². The lowest BCUT2D eigenvalue weighted by Gasteiger charge is -2.22. The lowest BCUT2D eigenvalue weighted by atomic mass is 9.94. The molecule has 1 unspecified atom stereocenters. The Hall–Kier alpha value is -2.44. The van der Waals surface area contributed by atoms with E-state index in [1.54, 1.807) is 0 Å². The van der Waals surface area contributed by atoms with Crippen LogP contribution in [0.3, 0.4) is 0 Å². The van der Waals surface area contributed by atoms with Gasteiger partial charge in [-0.25, -0.2) is 0 Å². The van der Waals surface area contributed by atoms with Gasteiger partial charge in [0.25, 0.3) is 0 Å². The fraction of sp³-hybridized carbons (Fsp3) is 0.478. The van der Waals surface area contributed by atoms with Gasteiger partial charge in [-0.3, -0.25) is 9.67 Å². The number of rotatable bonds is 6. The summed E-state index contributed by atoms with van der Waals surface area (Å²) in [5.74, 6) is 2.10. The van der Waals surface area contributed by atoms with Crippen LogP contribution in [0.1, 0.15) is 47.6 Å². The molecule has 0 spiro atoms. The van der Waals surface area contributed by atoms with E-state index in [0.29, 0.717) is 12.6 Å². The molecule has 0 radical (unpaired) electrons. The maximum atomic E-state index is 6.25. The largest absolute Gasteiger partial charge is 0.464 e. The quantitative estimate of drug-likeness (QED) is 0.694. The summed E-state index contributed by atoms with van der Waals surface area (Å²) in [5.41, 5.74) is 5.79. The van der Waals surface area contributed by atoms with Crippen LogP contribution >= 0.6 is 0 Å². The second-order valence-electron chi connectivity index (χ2n) is 8.09. The predicted molar refractivity (Wildman–Crippen MR) is 111 cm³/mol. The Bertz CT molecular complexity index is 970. The number of nitrogens with one attached hydrogen (secondary N) is 1. The first-order valence-electron chi connectivity index (χ1n) is 10.7. The van der Waals surface area contributed by atoms with E-state index in [-0.39, 0.29) is 0 Å². The average molecular weight is 393 g/mol. The standard InChI is InChI=1S/C23H28N4O2/c1-16-21(13-24-12-19-7-3-5-11-28-19)29-20-9-8-17-14-27(26-23(17)22(16)20)15-18-6-2-4-10-25-18/h2,4,6,10,14,19,24H,3,5,7-9,11-13,15H2,1H3. The minimum atomic E-state index is 0.336. The molecule has 0 saturated carbocycles. The highest BCUT2D eigenvalue weighted by Crippen LogP contribution is 2.38. The molecule has 6 nitrogen and oxygen atoms in total. The third-order valence-electron chi connectivity index (χ3n) is 6.00. The average Bonchev–Trinajstić information content (AvgIpc) is 3.30. The third-order valence-corrected chi connectivity index (χ3v) is 6.00. The fourth-order valence-electron chi connectivity index (χ4n) is 4.44. The molecule has 1 saturated heterocycles. The minimum Gasteiger partial charge on any atom is -0.464 e. The number of nitrogens with zero attached hydrogens (tertiary/aromatic N) is 3. The zero-order valence-electron chi connectivity index (χ0n) is 17.0. The van der Waals surface area contributed by atoms with Crippen LogP contribution in [0.2, 0.25) is 0 Å². The molecule has 6 heteroatoms. The molecule has 1 atom stereocenters. The lowest BCUT2D eigenvalue weighted by Crippen LogP contribution is -2.31. The van der Waals surface area contributed by atoms with Gasteiger partial charge >= 0.3 is 0 Å². The van der Waals surface area contributed by atoms with Gasteiger partial charge < -0.3 is 14.5 Å². The first-order chi connectivity index (χ1) is 14.3. The molecular weight excluding hydrogens is 364 g/mol. The smallest absolute Gasteiger partial charge is 0.121 e. The first kappa shape index (κ1) is 18.6. The summed E-state index contributed by atoms with van der Waals surface area (Å²) >= 11 is 0. The molecule has 0 bridgehead atoms. The molecule has 1 aliphatic carbocycles. The number of furan rings is 1. The molecule has 29 heavy (non-hydrogen) atoms. The molecule has 4 heterocycles. The van der Waals surface area contributed by atoms with Crippen LogP contribution < -0.4 is 5.32 Å². The van der Waals surface area contributed by atoms with Gasteiger partial charge in [0.05, 0.1) is 30.6 Å². The van der Waals surface area contributed by atoms with Crippen molar-refractivity contribution in [2.75, 3.05) is 13.2 Å². The third kappa shape index (κ3) is 3.87. The molecule has 0 aromatic carbocycles. The second-order valence-corrected chi connectivity index (χ2v) is 8.09. The summed E-state index contributed by atoms with van der Waals surface area (Å²) in [6.07, 6.45) is 9.84. The summed E-state index contributed by atoms with van der Waals surface area (Å²) in [4.78, 5) is 4.42. The van der Waals surface area contributed by atoms with Gasteiger partial charge in [-0.15, -0.1) is 0 Å². The number of ether oxygens (including phenoxy) is 1. The topological polar surface area (TPSA) is 65.1 Å². The van der Waals surface area contributed by atoms with Crippen LogP contribution in [0.15, 0.2) is 35.0 Å². The maximum absolute atomic E-state index is 6.25. The number of hydrogen-bond acceptors (Lipinski definition) is 5. The summed E-state index contributed by atoms with van der Waals surface area (Å²) in [6.45, 7) is 5.36. The lowest BCUT2D eigenvalue weighted by molar-refractivity contribution is 0.0165. The molecule has 3 aromatic heterocycles. The van der Waals surface area contributed by atoms with Crippen molar-refractivity contribution in [3.8, 4) is 11.3 Å². The van der Waals surface area contributed by atoms with Crippen LogP contribution in [0, 0.1) is 6.92 Å². The van der Waals surface area contributed by atoms with Crippen molar-refractivity contribution in [2.24, 2.45) is 0 Å². The highest BCUT2D eigenvalue weighted by atomic mass is 16.5. The van der Waals surface area contributed by atoms with Gasteiger partial charge in [-0.05, 0) is 50.3 Å². The Morgan fingerprint density at radius 3 is 3.03 bits per heavy atom. The van der Waals surface area contributed by atoms with Crippen molar-refractivity contribution >= 4 is 0 Å². The highest BCUT2D eigenvalue weighted by Gasteiger charge is 2.27. The number of hydrogen-bond donors (Lipinski definition) is 1. The Kier molecular flexibility index (Phi) is 5.21. The summed E-state index contributed by atoms with van der Waals surface area (Å²) in [7, 11) is 0. The summed E-state index contributed by atoms with van der Waals surface area (Å²) in [5, 5.41) is 8.42. The SMILES string of the molecule is Cc1c(CNCC2CCCCO2)oc2c1-c1nn(Cc3ccccn3)cc1CC2. The molecule has 1 aliphatic heterocycles. The van der Waals surface area contributed by atoms with Crippen LogP contribution in [-0.2, 0) is 30.7 Å². The normalized spacial score (nSPS) is 18.4. The van der Waals surface area contributed by atoms with E-state index in [0.717, 1.165) is 61.9 Å². The van der Waals surface area contributed by atoms with E-state index in [9.17, 15) is 0 Å². The van der Waals surface area contributed by atoms with Gasteiger partial charge in [0, 0.05) is 43.1 Å². The summed E-state index contributed by atoms with van der Waals surface area (Å²) < 4.78 is 14.1. The van der Waals surface area contributed by atoms with E-state index >= 15 is 0 Å². The zero-order valence-corrected chi connectivity index (χ0v) is 17.0. The predicted octanol–water partition coefficient (Wildman–Crippen LogP) is 3.65. The van der Waals surface area contributed by atoms with E-state index < -0.39 is 0 Å². The molecular formula is C23H28N4O2. The zero-order chi connectivity index (χ0) is 19.6. The van der Waals surface area contributed by atoms with E-state index in [2.05, 4.69) is 23.4 Å². The monoisotopic (exact) mass is 392 g/mol. The van der Waals surface area contributed by atoms with E-state index in [1.165, 1.54) is 29.5 Å². The molecule has 1 fully saturated rings. The van der Waals surface area contributed by atoms with Crippen LogP contribution in [-0.4, -0.2) is 34.0 Å². The van der Waals surface area contributed by atoms with Crippen molar-refractivity contribution in [1.29, 1.82) is 0 Å². The van der Waals surface area contributed by atoms with Crippen molar-refractivity contribution in [3.63, 3.8) is 0 Å². The van der Waals surface area contributed by atoms with Crippen molar-refractivity contribution < 1.29 is 9.15 Å². The number of aryl methyl sites for hydroxylation is 2. The Labute approximate surface area is 171 Å². The van der Waals surface area contributed by atoms with Gasteiger partial charge in [0.15, 0.2) is 0 Å². The fourth-order valence-corrected chi connectivity index (χ4v) is 4.44. The van der Waals surface area contributed by atoms with E-state index in [4.69, 9.17) is 14.3 Å². The maximum Gasteiger partial charge on any atom is 0.121 e. The van der Waals surface area contributed by atoms with Crippen LogP contribution in [0.5, 0.6) is 0 Å². The number of fused-ring (bicyclic) bond motifs is 3. The highest BCUT2D eigenvalue weighted by molar-refractivity contribution is 5.71. The molecule has 152 valence electrons. The van der Waals surface area contributed by atoms with Crippen LogP contribution in [0.25, 0.3) is 11.3 Å². The first-order valence-corrected chi connectivity index (χ1v) is 10.7.